The Labute approximate surface area is 150 Å². The highest BCUT2D eigenvalue weighted by Crippen LogP contribution is 2.32. The van der Waals surface area contributed by atoms with Crippen LogP contribution in [0.2, 0.25) is 0 Å². The maximum atomic E-state index is 12.5. The molecule has 1 heterocycles. The second-order valence-electron chi connectivity index (χ2n) is 6.24. The summed E-state index contributed by atoms with van der Waals surface area (Å²) in [5.41, 5.74) is 2.79. The zero-order chi connectivity index (χ0) is 17.9. The first-order valence-electron chi connectivity index (χ1n) is 8.40. The molecule has 0 amide bonds. The molecule has 0 saturated heterocycles. The van der Waals surface area contributed by atoms with Crippen molar-refractivity contribution in [3.63, 3.8) is 0 Å². The summed E-state index contributed by atoms with van der Waals surface area (Å²) in [6.45, 7) is 0. The summed E-state index contributed by atoms with van der Waals surface area (Å²) in [6.07, 6.45) is 5.55. The Bertz CT molecular complexity index is 1010. The van der Waals surface area contributed by atoms with Gasteiger partial charge in [0, 0.05) is 31.3 Å². The standard InChI is InChI=1S/C21H16N2O3/c24-17-10-16(14-4-2-1-3-5-14)11-18(13-17)26-21(25)15-6-7-19-20(12-15)23-9-8-22-19/h1-9,12-13,16H,10-11H2. The summed E-state index contributed by atoms with van der Waals surface area (Å²) in [4.78, 5) is 32.9. The highest BCUT2D eigenvalue weighted by molar-refractivity contribution is 5.95. The van der Waals surface area contributed by atoms with Gasteiger partial charge in [0.25, 0.3) is 0 Å². The number of ether oxygens (including phenoxy) is 1. The van der Waals surface area contributed by atoms with Crippen molar-refractivity contribution in [3.8, 4) is 0 Å². The Kier molecular flexibility index (Phi) is 4.27. The monoisotopic (exact) mass is 344 g/mol. The Balaban J connectivity index is 1.53. The smallest absolute Gasteiger partial charge is 0.343 e. The third kappa shape index (κ3) is 3.37. The number of esters is 1. The highest BCUT2D eigenvalue weighted by Gasteiger charge is 2.25. The van der Waals surface area contributed by atoms with E-state index >= 15 is 0 Å². The first kappa shape index (κ1) is 16.1. The predicted molar refractivity (Wildman–Crippen MR) is 96.5 cm³/mol. The lowest BCUT2D eigenvalue weighted by molar-refractivity contribution is -0.115. The van der Waals surface area contributed by atoms with Crippen molar-refractivity contribution in [2.75, 3.05) is 0 Å². The van der Waals surface area contributed by atoms with Gasteiger partial charge in [-0.3, -0.25) is 14.8 Å². The Morgan fingerprint density at radius 1 is 0.962 bits per heavy atom. The van der Waals surface area contributed by atoms with E-state index < -0.39 is 5.97 Å². The molecule has 5 nitrogen and oxygen atoms in total. The molecule has 4 rings (SSSR count). The Morgan fingerprint density at radius 3 is 2.54 bits per heavy atom. The molecule has 0 radical (unpaired) electrons. The van der Waals surface area contributed by atoms with Gasteiger partial charge in [-0.05, 0) is 29.7 Å². The summed E-state index contributed by atoms with van der Waals surface area (Å²) in [5, 5.41) is 0. The van der Waals surface area contributed by atoms with E-state index in [4.69, 9.17) is 4.74 Å². The van der Waals surface area contributed by atoms with Gasteiger partial charge in [0.1, 0.15) is 5.76 Å². The lowest BCUT2D eigenvalue weighted by Crippen LogP contribution is -2.16. The van der Waals surface area contributed by atoms with E-state index in [1.807, 2.05) is 30.3 Å². The third-order valence-corrected chi connectivity index (χ3v) is 4.42. The van der Waals surface area contributed by atoms with E-state index in [1.165, 1.54) is 6.08 Å². The lowest BCUT2D eigenvalue weighted by Gasteiger charge is -2.22. The molecule has 0 saturated carbocycles. The van der Waals surface area contributed by atoms with Crippen LogP contribution in [-0.2, 0) is 9.53 Å². The van der Waals surface area contributed by atoms with Gasteiger partial charge in [-0.2, -0.15) is 0 Å². The molecule has 1 unspecified atom stereocenters. The second-order valence-corrected chi connectivity index (χ2v) is 6.24. The van der Waals surface area contributed by atoms with Crippen molar-refractivity contribution in [1.82, 2.24) is 9.97 Å². The number of nitrogens with zero attached hydrogens (tertiary/aromatic N) is 2. The van der Waals surface area contributed by atoms with Gasteiger partial charge in [0.05, 0.1) is 16.6 Å². The number of hydrogen-bond acceptors (Lipinski definition) is 5. The SMILES string of the molecule is O=C1C=C(OC(=O)c2ccc3nccnc3c2)CC(c2ccccc2)C1. The first-order chi connectivity index (χ1) is 12.7. The highest BCUT2D eigenvalue weighted by atomic mass is 16.5. The number of aromatic nitrogens is 2. The summed E-state index contributed by atoms with van der Waals surface area (Å²) >= 11 is 0. The van der Waals surface area contributed by atoms with E-state index in [0.717, 1.165) is 5.56 Å². The van der Waals surface area contributed by atoms with Crippen LogP contribution in [0.4, 0.5) is 0 Å². The number of carbonyl (C=O) groups is 2. The molecule has 0 fully saturated rings. The van der Waals surface area contributed by atoms with Gasteiger partial charge in [-0.1, -0.05) is 30.3 Å². The zero-order valence-electron chi connectivity index (χ0n) is 14.0. The average Bonchev–Trinajstić information content (AvgIpc) is 2.68. The number of benzene rings is 2. The van der Waals surface area contributed by atoms with Crippen molar-refractivity contribution in [2.45, 2.75) is 18.8 Å². The van der Waals surface area contributed by atoms with Gasteiger partial charge in [0.2, 0.25) is 0 Å². The molecule has 1 aliphatic carbocycles. The van der Waals surface area contributed by atoms with E-state index in [9.17, 15) is 9.59 Å². The fourth-order valence-electron chi connectivity index (χ4n) is 3.16. The molecule has 0 bridgehead atoms. The van der Waals surface area contributed by atoms with Crippen LogP contribution in [-0.4, -0.2) is 21.7 Å². The lowest BCUT2D eigenvalue weighted by atomic mass is 9.86. The predicted octanol–water partition coefficient (Wildman–Crippen LogP) is 3.82. The van der Waals surface area contributed by atoms with Crippen molar-refractivity contribution in [3.05, 3.63) is 83.9 Å². The maximum Gasteiger partial charge on any atom is 0.343 e. The van der Waals surface area contributed by atoms with E-state index in [-0.39, 0.29) is 11.7 Å². The fraction of sp³-hybridized carbons (Fsp3) is 0.143. The summed E-state index contributed by atoms with van der Waals surface area (Å²) < 4.78 is 5.50. The Morgan fingerprint density at radius 2 is 1.73 bits per heavy atom. The molecule has 26 heavy (non-hydrogen) atoms. The van der Waals surface area contributed by atoms with Crippen molar-refractivity contribution in [1.29, 1.82) is 0 Å². The molecule has 3 aromatic rings. The number of allylic oxidation sites excluding steroid dienone is 2. The molecular weight excluding hydrogens is 328 g/mol. The summed E-state index contributed by atoms with van der Waals surface area (Å²) in [6, 6.07) is 14.8. The van der Waals surface area contributed by atoms with Gasteiger partial charge in [-0.25, -0.2) is 4.79 Å². The summed E-state index contributed by atoms with van der Waals surface area (Å²) in [5.74, 6) is -0.0964. The van der Waals surface area contributed by atoms with Crippen molar-refractivity contribution in [2.24, 2.45) is 0 Å². The number of rotatable bonds is 3. The minimum Gasteiger partial charge on any atom is -0.427 e. The van der Waals surface area contributed by atoms with E-state index in [2.05, 4.69) is 9.97 Å². The molecule has 128 valence electrons. The molecule has 0 N–H and O–H groups in total. The molecule has 0 aliphatic heterocycles. The zero-order valence-corrected chi connectivity index (χ0v) is 14.0. The molecular formula is C21H16N2O3. The molecule has 0 spiro atoms. The molecule has 1 atom stereocenters. The third-order valence-electron chi connectivity index (χ3n) is 4.42. The van der Waals surface area contributed by atoms with Crippen molar-refractivity contribution < 1.29 is 14.3 Å². The van der Waals surface area contributed by atoms with Crippen LogP contribution < -0.4 is 0 Å². The number of ketones is 1. The normalized spacial score (nSPS) is 17.0. The largest absolute Gasteiger partial charge is 0.427 e. The minimum atomic E-state index is -0.495. The average molecular weight is 344 g/mol. The maximum absolute atomic E-state index is 12.5. The van der Waals surface area contributed by atoms with Gasteiger partial charge < -0.3 is 4.74 Å². The van der Waals surface area contributed by atoms with Crippen LogP contribution >= 0.6 is 0 Å². The van der Waals surface area contributed by atoms with Gasteiger partial charge >= 0.3 is 5.97 Å². The van der Waals surface area contributed by atoms with Crippen LogP contribution in [0.15, 0.2) is 72.8 Å². The number of carbonyl (C=O) groups excluding carboxylic acids is 2. The summed E-state index contributed by atoms with van der Waals surface area (Å²) in [7, 11) is 0. The first-order valence-corrected chi connectivity index (χ1v) is 8.40. The quantitative estimate of drug-likeness (QED) is 0.676. The topological polar surface area (TPSA) is 69.2 Å². The second kappa shape index (κ2) is 6.88. The van der Waals surface area contributed by atoms with Gasteiger partial charge in [-0.15, -0.1) is 0 Å². The minimum absolute atomic E-state index is 0.0268. The van der Waals surface area contributed by atoms with Crippen LogP contribution in [0.25, 0.3) is 11.0 Å². The molecule has 1 aromatic heterocycles. The van der Waals surface area contributed by atoms with Crippen molar-refractivity contribution >= 4 is 22.8 Å². The van der Waals surface area contributed by atoms with Crippen LogP contribution in [0, 0.1) is 0 Å². The Hall–Kier alpha value is -3.34. The number of hydrogen-bond donors (Lipinski definition) is 0. The van der Waals surface area contributed by atoms with Gasteiger partial charge in [0.15, 0.2) is 5.78 Å². The number of fused-ring (bicyclic) bond motifs is 1. The van der Waals surface area contributed by atoms with Crippen LogP contribution in [0.1, 0.15) is 34.7 Å². The molecule has 5 heteroatoms. The molecule has 2 aromatic carbocycles. The van der Waals surface area contributed by atoms with Crippen LogP contribution in [0.3, 0.4) is 0 Å². The molecule has 1 aliphatic rings. The van der Waals surface area contributed by atoms with E-state index in [0.29, 0.717) is 35.2 Å². The fourth-order valence-corrected chi connectivity index (χ4v) is 3.16. The van der Waals surface area contributed by atoms with Crippen LogP contribution in [0.5, 0.6) is 0 Å². The van der Waals surface area contributed by atoms with E-state index in [1.54, 1.807) is 30.6 Å².